The molecule has 0 amide bonds. The van der Waals surface area contributed by atoms with Crippen molar-refractivity contribution >= 4 is 23.9 Å². The fourth-order valence-electron chi connectivity index (χ4n) is 3.17. The molecular formula is C24H25NO4. The lowest BCUT2D eigenvalue weighted by Crippen LogP contribution is -2.09. The van der Waals surface area contributed by atoms with Crippen molar-refractivity contribution in [1.82, 2.24) is 0 Å². The summed E-state index contributed by atoms with van der Waals surface area (Å²) < 4.78 is 10.9. The van der Waals surface area contributed by atoms with Crippen molar-refractivity contribution in [2.45, 2.75) is 46.5 Å². The van der Waals surface area contributed by atoms with Crippen molar-refractivity contribution < 1.29 is 19.1 Å². The Bertz CT molecular complexity index is 972. The van der Waals surface area contributed by atoms with E-state index in [2.05, 4.69) is 4.99 Å². The van der Waals surface area contributed by atoms with Gasteiger partial charge < -0.3 is 9.47 Å². The minimum Gasteiger partial charge on any atom is -0.426 e. The number of aliphatic imine (C=N–C) groups is 1. The lowest BCUT2D eigenvalue weighted by Gasteiger charge is -2.19. The number of nitrogens with zero attached hydrogens (tertiary/aromatic N) is 1. The van der Waals surface area contributed by atoms with Gasteiger partial charge in [-0.2, -0.15) is 0 Å². The molecule has 0 radical (unpaired) electrons. The van der Waals surface area contributed by atoms with E-state index in [1.807, 2.05) is 70.2 Å². The molecule has 0 saturated carbocycles. The first kappa shape index (κ1) is 20.5. The maximum atomic E-state index is 12.3. The highest BCUT2D eigenvalue weighted by Crippen LogP contribution is 2.37. The molecular weight excluding hydrogens is 366 g/mol. The van der Waals surface area contributed by atoms with Crippen LogP contribution in [0.2, 0.25) is 0 Å². The number of hydrogen-bond acceptors (Lipinski definition) is 5. The third-order valence-electron chi connectivity index (χ3n) is 4.60. The van der Waals surface area contributed by atoms with Crippen molar-refractivity contribution in [2.24, 2.45) is 4.99 Å². The van der Waals surface area contributed by atoms with Crippen molar-refractivity contribution in [3.63, 3.8) is 0 Å². The molecule has 2 aromatic rings. The molecule has 0 aliphatic carbocycles. The van der Waals surface area contributed by atoms with E-state index in [1.165, 1.54) is 6.92 Å². The van der Waals surface area contributed by atoms with E-state index in [1.54, 1.807) is 6.08 Å². The predicted molar refractivity (Wildman–Crippen MR) is 113 cm³/mol. The van der Waals surface area contributed by atoms with Crippen LogP contribution in [0.3, 0.4) is 0 Å². The zero-order valence-corrected chi connectivity index (χ0v) is 17.4. The topological polar surface area (TPSA) is 65.0 Å². The van der Waals surface area contributed by atoms with Crippen LogP contribution in [0.25, 0.3) is 6.08 Å². The fraction of sp³-hybridized carbons (Fsp3) is 0.292. The molecule has 3 rings (SSSR count). The normalized spacial score (nSPS) is 15.1. The molecule has 5 nitrogen and oxygen atoms in total. The first-order chi connectivity index (χ1) is 13.8. The van der Waals surface area contributed by atoms with Crippen LogP contribution in [0.5, 0.6) is 5.75 Å². The molecule has 29 heavy (non-hydrogen) atoms. The Kier molecular flexibility index (Phi) is 5.97. The standard InChI is InChI=1S/C24H25NO4/c1-14(2)19-11-17(12-20(15(3)4)22(19)28-16(5)26)13-21-24(27)29-23(25-21)18-9-7-6-8-10-18/h6-15H,1-5H3/b21-13+. The van der Waals surface area contributed by atoms with Gasteiger partial charge in [-0.25, -0.2) is 9.79 Å². The van der Waals surface area contributed by atoms with E-state index < -0.39 is 5.97 Å². The number of cyclic esters (lactones) is 1. The van der Waals surface area contributed by atoms with Gasteiger partial charge in [0, 0.05) is 12.5 Å². The Morgan fingerprint density at radius 1 is 1.03 bits per heavy atom. The monoisotopic (exact) mass is 391 g/mol. The average molecular weight is 391 g/mol. The van der Waals surface area contributed by atoms with Gasteiger partial charge in [0.25, 0.3) is 0 Å². The number of esters is 2. The maximum absolute atomic E-state index is 12.3. The predicted octanol–water partition coefficient (Wildman–Crippen LogP) is 5.20. The zero-order valence-electron chi connectivity index (χ0n) is 17.4. The van der Waals surface area contributed by atoms with E-state index in [4.69, 9.17) is 9.47 Å². The van der Waals surface area contributed by atoms with Gasteiger partial charge >= 0.3 is 11.9 Å². The van der Waals surface area contributed by atoms with Crippen LogP contribution < -0.4 is 4.74 Å². The van der Waals surface area contributed by atoms with Crippen molar-refractivity contribution in [2.75, 3.05) is 0 Å². The smallest absolute Gasteiger partial charge is 0.363 e. The molecule has 0 aromatic heterocycles. The van der Waals surface area contributed by atoms with Crippen molar-refractivity contribution in [1.29, 1.82) is 0 Å². The number of benzene rings is 2. The minimum absolute atomic E-state index is 0.138. The molecule has 1 aliphatic rings. The number of rotatable bonds is 5. The molecule has 0 N–H and O–H groups in total. The summed E-state index contributed by atoms with van der Waals surface area (Å²) in [5.41, 5.74) is 3.64. The van der Waals surface area contributed by atoms with Gasteiger partial charge in [0.1, 0.15) is 5.75 Å². The van der Waals surface area contributed by atoms with Gasteiger partial charge in [-0.05, 0) is 58.9 Å². The summed E-state index contributed by atoms with van der Waals surface area (Å²) in [6, 6.07) is 13.2. The van der Waals surface area contributed by atoms with Crippen LogP contribution in [0, 0.1) is 0 Å². The van der Waals surface area contributed by atoms with E-state index in [0.717, 1.165) is 22.3 Å². The van der Waals surface area contributed by atoms with Gasteiger partial charge in [0.05, 0.1) is 0 Å². The van der Waals surface area contributed by atoms with Gasteiger partial charge in [-0.15, -0.1) is 0 Å². The Balaban J connectivity index is 2.08. The van der Waals surface area contributed by atoms with Crippen LogP contribution in [0.4, 0.5) is 0 Å². The van der Waals surface area contributed by atoms with Crippen LogP contribution in [-0.4, -0.2) is 17.8 Å². The molecule has 0 fully saturated rings. The summed E-state index contributed by atoms with van der Waals surface area (Å²) in [6.07, 6.45) is 1.72. The molecule has 5 heteroatoms. The van der Waals surface area contributed by atoms with Crippen LogP contribution in [0.1, 0.15) is 68.7 Å². The zero-order chi connectivity index (χ0) is 21.1. The first-order valence-corrected chi connectivity index (χ1v) is 9.70. The molecule has 2 aromatic carbocycles. The summed E-state index contributed by atoms with van der Waals surface area (Å²) in [5.74, 6) is 0.346. The van der Waals surface area contributed by atoms with Gasteiger partial charge in [-0.1, -0.05) is 45.9 Å². The van der Waals surface area contributed by atoms with Crippen LogP contribution in [0.15, 0.2) is 53.2 Å². The van der Waals surface area contributed by atoms with Crippen molar-refractivity contribution in [3.05, 3.63) is 70.4 Å². The molecule has 0 unspecified atom stereocenters. The van der Waals surface area contributed by atoms with Gasteiger partial charge in [0.15, 0.2) is 5.70 Å². The first-order valence-electron chi connectivity index (χ1n) is 9.70. The molecule has 150 valence electrons. The summed E-state index contributed by atoms with van der Waals surface area (Å²) in [6.45, 7) is 9.56. The van der Waals surface area contributed by atoms with E-state index in [-0.39, 0.29) is 23.5 Å². The second-order valence-corrected chi connectivity index (χ2v) is 7.63. The van der Waals surface area contributed by atoms with E-state index >= 15 is 0 Å². The molecule has 1 heterocycles. The third-order valence-corrected chi connectivity index (χ3v) is 4.60. The Labute approximate surface area is 171 Å². The molecule has 0 spiro atoms. The van der Waals surface area contributed by atoms with E-state index in [0.29, 0.717) is 11.6 Å². The molecule has 0 bridgehead atoms. The second-order valence-electron chi connectivity index (χ2n) is 7.63. The largest absolute Gasteiger partial charge is 0.426 e. The number of hydrogen-bond donors (Lipinski definition) is 0. The number of carbonyl (C=O) groups is 2. The van der Waals surface area contributed by atoms with Crippen LogP contribution in [-0.2, 0) is 14.3 Å². The molecule has 0 saturated heterocycles. The van der Waals surface area contributed by atoms with Gasteiger partial charge in [-0.3, -0.25) is 4.79 Å². The highest BCUT2D eigenvalue weighted by atomic mass is 16.6. The SMILES string of the molecule is CC(=O)Oc1c(C(C)C)cc(/C=C2/N=C(c3ccccc3)OC2=O)cc1C(C)C. The van der Waals surface area contributed by atoms with E-state index in [9.17, 15) is 9.59 Å². The highest BCUT2D eigenvalue weighted by Gasteiger charge is 2.25. The summed E-state index contributed by atoms with van der Waals surface area (Å²) in [7, 11) is 0. The summed E-state index contributed by atoms with van der Waals surface area (Å²) in [4.78, 5) is 28.3. The lowest BCUT2D eigenvalue weighted by atomic mass is 9.91. The summed E-state index contributed by atoms with van der Waals surface area (Å²) in [5, 5.41) is 0. The lowest BCUT2D eigenvalue weighted by molar-refractivity contribution is -0.132. The van der Waals surface area contributed by atoms with Gasteiger partial charge in [0.2, 0.25) is 5.90 Å². The maximum Gasteiger partial charge on any atom is 0.363 e. The minimum atomic E-state index is -0.481. The number of carbonyl (C=O) groups excluding carboxylic acids is 2. The Morgan fingerprint density at radius 3 is 2.14 bits per heavy atom. The third kappa shape index (κ3) is 4.62. The highest BCUT2D eigenvalue weighted by molar-refractivity contribution is 6.12. The fourth-order valence-corrected chi connectivity index (χ4v) is 3.17. The number of ether oxygens (including phenoxy) is 2. The summed E-state index contributed by atoms with van der Waals surface area (Å²) >= 11 is 0. The van der Waals surface area contributed by atoms with Crippen LogP contribution >= 0.6 is 0 Å². The molecule has 0 atom stereocenters. The Morgan fingerprint density at radius 2 is 1.62 bits per heavy atom. The molecule has 1 aliphatic heterocycles. The van der Waals surface area contributed by atoms with Crippen molar-refractivity contribution in [3.8, 4) is 5.75 Å². The quantitative estimate of drug-likeness (QED) is 0.399. The second kappa shape index (κ2) is 8.43. The average Bonchev–Trinajstić information content (AvgIpc) is 3.03. The Hall–Kier alpha value is -3.21.